The van der Waals surface area contributed by atoms with Gasteiger partial charge in [-0.25, -0.2) is 9.69 Å². The van der Waals surface area contributed by atoms with E-state index in [1.165, 1.54) is 0 Å². The van der Waals surface area contributed by atoms with Crippen molar-refractivity contribution in [1.82, 2.24) is 0 Å². The van der Waals surface area contributed by atoms with E-state index in [4.69, 9.17) is 14.6 Å². The molecular weight excluding hydrogens is 509 g/mol. The molecule has 0 spiro atoms. The molecule has 1 fully saturated rings. The molecule has 150 valence electrons. The van der Waals surface area contributed by atoms with Crippen molar-refractivity contribution in [1.29, 1.82) is 0 Å². The van der Waals surface area contributed by atoms with E-state index in [9.17, 15) is 14.4 Å². The van der Waals surface area contributed by atoms with Crippen LogP contribution in [-0.2, 0) is 9.59 Å². The molecule has 7 nitrogen and oxygen atoms in total. The minimum atomic E-state index is -1.10. The predicted molar refractivity (Wildman–Crippen MR) is 118 cm³/mol. The highest BCUT2D eigenvalue weighted by Crippen LogP contribution is 2.38. The number of halogens is 1. The molecule has 0 unspecified atom stereocenters. The molecule has 1 N–H and O–H groups in total. The Bertz CT molecular complexity index is 992. The summed E-state index contributed by atoms with van der Waals surface area (Å²) in [5.41, 5.74) is 1.15. The number of carbonyl (C=O) groups is 3. The van der Waals surface area contributed by atoms with Crippen molar-refractivity contribution < 1.29 is 29.0 Å². The van der Waals surface area contributed by atoms with E-state index in [1.54, 1.807) is 49.4 Å². The van der Waals surface area contributed by atoms with Crippen LogP contribution in [-0.4, -0.2) is 35.4 Å². The van der Waals surface area contributed by atoms with Crippen LogP contribution >= 0.6 is 34.4 Å². The first kappa shape index (κ1) is 21.2. The Morgan fingerprint density at radius 2 is 1.93 bits per heavy atom. The molecule has 0 saturated carbocycles. The Morgan fingerprint density at radius 1 is 1.21 bits per heavy atom. The van der Waals surface area contributed by atoms with E-state index in [0.717, 1.165) is 16.7 Å². The molecular formula is C20H16INO6S. The summed E-state index contributed by atoms with van der Waals surface area (Å²) in [5, 5.41) is 8.48. The number of anilines is 1. The van der Waals surface area contributed by atoms with Gasteiger partial charge in [0.15, 0.2) is 18.1 Å². The molecule has 0 atom stereocenters. The van der Waals surface area contributed by atoms with Gasteiger partial charge in [0.05, 0.1) is 20.8 Å². The Hall–Kier alpha value is -2.53. The largest absolute Gasteiger partial charge is 0.490 e. The van der Waals surface area contributed by atoms with Gasteiger partial charge in [-0.15, -0.1) is 0 Å². The topological polar surface area (TPSA) is 93.1 Å². The van der Waals surface area contributed by atoms with Gasteiger partial charge in [0.25, 0.3) is 11.1 Å². The number of nitrogens with zero attached hydrogens (tertiary/aromatic N) is 1. The molecule has 2 amide bonds. The molecule has 1 heterocycles. The molecule has 2 aromatic rings. The van der Waals surface area contributed by atoms with Crippen molar-refractivity contribution in [2.45, 2.75) is 6.92 Å². The molecule has 3 rings (SSSR count). The average molecular weight is 525 g/mol. The highest BCUT2D eigenvalue weighted by molar-refractivity contribution is 14.1. The molecule has 1 aliphatic heterocycles. The van der Waals surface area contributed by atoms with Crippen molar-refractivity contribution in [3.05, 3.63) is 56.5 Å². The van der Waals surface area contributed by atoms with E-state index < -0.39 is 18.5 Å². The normalized spacial score (nSPS) is 15.1. The second-order valence-corrected chi connectivity index (χ2v) is 7.95. The number of rotatable bonds is 7. The first-order valence-electron chi connectivity index (χ1n) is 8.54. The van der Waals surface area contributed by atoms with Crippen LogP contribution in [0.3, 0.4) is 0 Å². The third-order valence-electron chi connectivity index (χ3n) is 3.78. The van der Waals surface area contributed by atoms with Crippen LogP contribution in [0.4, 0.5) is 10.5 Å². The number of para-hydroxylation sites is 1. The van der Waals surface area contributed by atoms with Gasteiger partial charge >= 0.3 is 5.97 Å². The summed E-state index contributed by atoms with van der Waals surface area (Å²) in [7, 11) is 0. The van der Waals surface area contributed by atoms with Crippen molar-refractivity contribution in [2.24, 2.45) is 0 Å². The smallest absolute Gasteiger partial charge is 0.341 e. The van der Waals surface area contributed by atoms with Gasteiger partial charge in [-0.1, -0.05) is 18.2 Å². The lowest BCUT2D eigenvalue weighted by molar-refractivity contribution is -0.139. The number of benzene rings is 2. The van der Waals surface area contributed by atoms with Crippen LogP contribution in [0.5, 0.6) is 11.5 Å². The highest BCUT2D eigenvalue weighted by atomic mass is 127. The van der Waals surface area contributed by atoms with E-state index in [0.29, 0.717) is 32.9 Å². The standard InChI is InChI=1S/C20H16INO6S/c1-2-27-15-9-12(8-14(21)18(15)28-11-17(23)24)10-16-19(25)22(20(26)29-16)13-6-4-3-5-7-13/h3-10H,2,11H2,1H3,(H,23,24)/b16-10-. The van der Waals surface area contributed by atoms with E-state index in [2.05, 4.69) is 0 Å². The van der Waals surface area contributed by atoms with Gasteiger partial charge < -0.3 is 14.6 Å². The Labute approximate surface area is 184 Å². The lowest BCUT2D eigenvalue weighted by Gasteiger charge is -2.14. The molecule has 2 aromatic carbocycles. The second-order valence-electron chi connectivity index (χ2n) is 5.80. The number of carboxylic acids is 1. The lowest BCUT2D eigenvalue weighted by Crippen LogP contribution is -2.27. The average Bonchev–Trinajstić information content (AvgIpc) is 2.95. The minimum absolute atomic E-state index is 0.288. The molecule has 29 heavy (non-hydrogen) atoms. The number of hydrogen-bond donors (Lipinski definition) is 1. The van der Waals surface area contributed by atoms with Gasteiger partial charge in [-0.2, -0.15) is 0 Å². The summed E-state index contributed by atoms with van der Waals surface area (Å²) < 4.78 is 11.5. The molecule has 0 aliphatic carbocycles. The van der Waals surface area contributed by atoms with Crippen LogP contribution in [0, 0.1) is 3.57 Å². The zero-order chi connectivity index (χ0) is 21.0. The number of aliphatic carboxylic acids is 1. The van der Waals surface area contributed by atoms with E-state index in [-0.39, 0.29) is 10.1 Å². The summed E-state index contributed by atoms with van der Waals surface area (Å²) in [6, 6.07) is 12.1. The zero-order valence-electron chi connectivity index (χ0n) is 15.3. The Balaban J connectivity index is 1.92. The van der Waals surface area contributed by atoms with Gasteiger partial charge in [-0.05, 0) is 77.2 Å². The SMILES string of the molecule is CCOc1cc(/C=C2\SC(=O)N(c3ccccc3)C2=O)cc(I)c1OCC(=O)O. The van der Waals surface area contributed by atoms with Crippen LogP contribution < -0.4 is 14.4 Å². The maximum absolute atomic E-state index is 12.8. The number of amides is 2. The lowest BCUT2D eigenvalue weighted by atomic mass is 10.1. The molecule has 1 aliphatic rings. The molecule has 1 saturated heterocycles. The fourth-order valence-electron chi connectivity index (χ4n) is 2.63. The van der Waals surface area contributed by atoms with Gasteiger partial charge in [0, 0.05) is 0 Å². The number of carbonyl (C=O) groups excluding carboxylic acids is 2. The zero-order valence-corrected chi connectivity index (χ0v) is 18.2. The van der Waals surface area contributed by atoms with Crippen molar-refractivity contribution in [3.8, 4) is 11.5 Å². The van der Waals surface area contributed by atoms with Gasteiger partial charge in [0.1, 0.15) is 0 Å². The summed E-state index contributed by atoms with van der Waals surface area (Å²) in [6.07, 6.45) is 1.61. The molecule has 0 aromatic heterocycles. The number of thioether (sulfide) groups is 1. The number of imide groups is 1. The minimum Gasteiger partial charge on any atom is -0.490 e. The quantitative estimate of drug-likeness (QED) is 0.424. The Kier molecular flexibility index (Phi) is 6.80. The van der Waals surface area contributed by atoms with E-state index >= 15 is 0 Å². The summed E-state index contributed by atoms with van der Waals surface area (Å²) in [5.74, 6) is -0.800. The van der Waals surface area contributed by atoms with Crippen molar-refractivity contribution in [3.63, 3.8) is 0 Å². The first-order chi connectivity index (χ1) is 13.9. The fraction of sp³-hybridized carbons (Fsp3) is 0.150. The molecule has 9 heteroatoms. The van der Waals surface area contributed by atoms with E-state index in [1.807, 2.05) is 28.7 Å². The number of ether oxygens (including phenoxy) is 2. The van der Waals surface area contributed by atoms with Crippen LogP contribution in [0.15, 0.2) is 47.4 Å². The number of hydrogen-bond acceptors (Lipinski definition) is 6. The third-order valence-corrected chi connectivity index (χ3v) is 5.45. The summed E-state index contributed by atoms with van der Waals surface area (Å²) >= 11 is 2.87. The Morgan fingerprint density at radius 3 is 2.59 bits per heavy atom. The fourth-order valence-corrected chi connectivity index (χ4v) is 4.25. The van der Waals surface area contributed by atoms with Gasteiger partial charge in [0.2, 0.25) is 0 Å². The molecule has 0 radical (unpaired) electrons. The number of carboxylic acid groups (broad SMARTS) is 1. The van der Waals surface area contributed by atoms with Gasteiger partial charge in [-0.3, -0.25) is 9.59 Å². The van der Waals surface area contributed by atoms with Crippen LogP contribution in [0.2, 0.25) is 0 Å². The third kappa shape index (κ3) is 4.91. The highest BCUT2D eigenvalue weighted by Gasteiger charge is 2.36. The first-order valence-corrected chi connectivity index (χ1v) is 10.4. The van der Waals surface area contributed by atoms with Crippen molar-refractivity contribution in [2.75, 3.05) is 18.1 Å². The predicted octanol–water partition coefficient (Wildman–Crippen LogP) is 4.39. The monoisotopic (exact) mass is 525 g/mol. The summed E-state index contributed by atoms with van der Waals surface area (Å²) in [4.78, 5) is 37.3. The maximum atomic E-state index is 12.8. The van der Waals surface area contributed by atoms with Crippen molar-refractivity contribution >= 4 is 63.2 Å². The second kappa shape index (κ2) is 9.31. The van der Waals surface area contributed by atoms with Crippen LogP contribution in [0.25, 0.3) is 6.08 Å². The maximum Gasteiger partial charge on any atom is 0.341 e. The summed E-state index contributed by atoms with van der Waals surface area (Å²) in [6.45, 7) is 1.66. The molecule has 0 bridgehead atoms. The van der Waals surface area contributed by atoms with Crippen LogP contribution in [0.1, 0.15) is 12.5 Å².